The van der Waals surface area contributed by atoms with Crippen LogP contribution >= 0.6 is 0 Å². The van der Waals surface area contributed by atoms with E-state index in [1.807, 2.05) is 81.3 Å². The minimum absolute atomic E-state index is 0.00456. The van der Waals surface area contributed by atoms with Crippen LogP contribution in [0.25, 0.3) is 67.4 Å². The van der Waals surface area contributed by atoms with Gasteiger partial charge in [0.15, 0.2) is 29.0 Å². The Morgan fingerprint density at radius 3 is 0.835 bits per heavy atom. The van der Waals surface area contributed by atoms with Crippen LogP contribution < -0.4 is 53.7 Å². The summed E-state index contributed by atoms with van der Waals surface area (Å²) in [5.74, 6) is -4.88. The summed E-state index contributed by atoms with van der Waals surface area (Å²) < 4.78 is 124. The average Bonchev–Trinajstić information content (AvgIpc) is 1.60. The largest absolute Gasteiger partial charge is 0.480 e. The van der Waals surface area contributed by atoms with E-state index in [4.69, 9.17) is 29.4 Å². The topological polar surface area (TPSA) is 339 Å². The Bertz CT molecular complexity index is 6660. The molecule has 6 aromatic carbocycles. The van der Waals surface area contributed by atoms with Gasteiger partial charge in [0.25, 0.3) is 16.7 Å². The summed E-state index contributed by atoms with van der Waals surface area (Å²) in [6.07, 6.45) is 5.20. The number of nitrogen functional groups attached to an aromatic ring is 1. The Morgan fingerprint density at radius 1 is 0.346 bits per heavy atom. The molecule has 0 saturated heterocycles. The van der Waals surface area contributed by atoms with Crippen LogP contribution in [0.5, 0.6) is 17.6 Å². The van der Waals surface area contributed by atoms with Gasteiger partial charge in [-0.2, -0.15) is 0 Å². The molecule has 38 heteroatoms. The zero-order valence-electron chi connectivity index (χ0n) is 70.6. The lowest BCUT2D eigenvalue weighted by Gasteiger charge is -2.15. The van der Waals surface area contributed by atoms with E-state index in [1.54, 1.807) is 67.1 Å². The maximum atomic E-state index is 14.8. The number of hydrogen-bond donors (Lipinski definition) is 1. The molecule has 15 aromatic rings. The summed E-state index contributed by atoms with van der Waals surface area (Å²) in [6.45, 7) is -0.622. The lowest BCUT2D eigenvalue weighted by atomic mass is 10.0. The highest BCUT2D eigenvalue weighted by molar-refractivity contribution is 5.84. The third-order valence-corrected chi connectivity index (χ3v) is 20.4. The second-order valence-electron chi connectivity index (χ2n) is 30.0. The van der Waals surface area contributed by atoms with Gasteiger partial charge < -0.3 is 44.1 Å². The first-order valence-electron chi connectivity index (χ1n) is 39.1. The van der Waals surface area contributed by atoms with Crippen LogP contribution in [0.2, 0.25) is 0 Å². The molecule has 9 aromatic heterocycles. The molecule has 0 fully saturated rings. The van der Waals surface area contributed by atoms with Gasteiger partial charge in [-0.1, -0.05) is 78.9 Å². The number of rotatable bonds is 29. The van der Waals surface area contributed by atoms with Gasteiger partial charge in [-0.05, 0) is 137 Å². The SMILES string of the molecule is COCC(=O)Cc1ccc(-c2cn3c(c2CN(C)C)c(=O)n(-c2ccc(OC)nn2)c(=O)n3Cc2c(F)cccc2F)cc1.COCC(=O)Cc1ccc(-c2cn3c(c2CN(C)C)c(=O)n(-c2ccc(OC)nn2)c(=O)n3Cc2c(F)cccc2F)cc1.COc1ccc(-n2c(=O)c3c(CN(C)C)c(-c4ccc(N)cc4)cn3n(Cc3c(F)cccc3F)c2=O)nn1. The zero-order chi connectivity index (χ0) is 90.9. The van der Waals surface area contributed by atoms with Gasteiger partial charge in [0.2, 0.25) is 17.6 Å². The summed E-state index contributed by atoms with van der Waals surface area (Å²) in [5, 5.41) is 23.7. The first-order chi connectivity index (χ1) is 60.9. The smallest absolute Gasteiger partial charge is 0.352 e. The van der Waals surface area contributed by atoms with Crippen LogP contribution in [-0.2, 0) is 71.2 Å². The Balaban J connectivity index is 0.000000163. The number of nitrogens with two attached hydrogens (primary N) is 1. The molecule has 0 unspecified atom stereocenters. The minimum Gasteiger partial charge on any atom is -0.480 e. The van der Waals surface area contributed by atoms with E-state index < -0.39 is 88.3 Å². The van der Waals surface area contributed by atoms with E-state index in [0.717, 1.165) is 80.8 Å². The van der Waals surface area contributed by atoms with Crippen molar-refractivity contribution in [1.82, 2.24) is 86.6 Å². The van der Waals surface area contributed by atoms with Crippen molar-refractivity contribution in [3.05, 3.63) is 324 Å². The van der Waals surface area contributed by atoms with Crippen LogP contribution in [0.1, 0.15) is 44.5 Å². The predicted molar refractivity (Wildman–Crippen MR) is 459 cm³/mol. The number of nitrogens with zero attached hydrogens (tertiary/aromatic N) is 18. The molecule has 15 rings (SSSR count). The maximum Gasteiger partial charge on any atom is 0.352 e. The molecule has 0 aliphatic carbocycles. The summed E-state index contributed by atoms with van der Waals surface area (Å²) in [6, 6.07) is 40.4. The maximum absolute atomic E-state index is 14.8. The monoisotopic (exact) mass is 1740 g/mol. The highest BCUT2D eigenvalue weighted by Gasteiger charge is 2.30. The van der Waals surface area contributed by atoms with E-state index in [9.17, 15) is 64.7 Å². The number of Topliss-reactive ketones (excluding diaryl/α,β-unsaturated/α-hetero) is 2. The van der Waals surface area contributed by atoms with Gasteiger partial charge >= 0.3 is 17.1 Å². The third kappa shape index (κ3) is 19.1. The Labute approximate surface area is 718 Å². The molecule has 127 heavy (non-hydrogen) atoms. The van der Waals surface area contributed by atoms with Crippen molar-refractivity contribution < 1.29 is 59.6 Å². The highest BCUT2D eigenvalue weighted by Crippen LogP contribution is 2.34. The number of fused-ring (bicyclic) bond motifs is 3. The van der Waals surface area contributed by atoms with Crippen molar-refractivity contribution in [3.8, 4) is 68.5 Å². The first kappa shape index (κ1) is 89.9. The van der Waals surface area contributed by atoms with Gasteiger partial charge in [0.1, 0.15) is 64.7 Å². The van der Waals surface area contributed by atoms with Crippen molar-refractivity contribution >= 4 is 33.8 Å². The van der Waals surface area contributed by atoms with E-state index in [-0.39, 0.29) is 119 Å². The molecule has 0 spiro atoms. The lowest BCUT2D eigenvalue weighted by molar-refractivity contribution is -0.122. The molecule has 0 radical (unpaired) electrons. The molecule has 0 aliphatic rings. The quantitative estimate of drug-likeness (QED) is 0.0339. The number of methoxy groups -OCH3 is 5. The normalized spacial score (nSPS) is 11.4. The number of carbonyl (C=O) groups excluding carboxylic acids is 2. The average molecular weight is 1740 g/mol. The number of hydrogen-bond acceptors (Lipinski definition) is 23. The van der Waals surface area contributed by atoms with Crippen LogP contribution in [0.3, 0.4) is 0 Å². The predicted octanol–water partition coefficient (Wildman–Crippen LogP) is 8.42. The van der Waals surface area contributed by atoms with Crippen molar-refractivity contribution in [2.24, 2.45) is 0 Å². The molecular weight excluding hydrogens is 1660 g/mol. The number of benzene rings is 6. The Kier molecular flexibility index (Phi) is 27.5. The standard InChI is InChI=1S/2C31H30F2N6O5.C27H25F2N7O3/c2*1-36(2)15-23-22(20-10-8-19(9-11-20)14-21(40)18-43-3)16-37-29(23)30(41)39(27-12-13-28(44-4)35-34-27)31(42)38(37)17-24-25(32)6-5-7-26(24)33;1-33(2)13-19-18(16-7-9-17(30)10-8-16)14-34-25(19)26(37)36(23-11-12-24(39-3)32-31-23)27(38)35(34)15-20-21(28)5-4-6-22(20)29/h2*5-13,16H,14-15,17-18H2,1-4H3;4-12,14H,13,15,30H2,1-3H3. The first-order valence-corrected chi connectivity index (χ1v) is 39.1. The van der Waals surface area contributed by atoms with E-state index in [0.29, 0.717) is 56.7 Å². The second-order valence-corrected chi connectivity index (χ2v) is 30.0. The number of carbonyl (C=O) groups is 2. The number of anilines is 1. The molecule has 32 nitrogen and oxygen atoms in total. The van der Waals surface area contributed by atoms with Crippen LogP contribution in [0.4, 0.5) is 32.0 Å². The Hall–Kier alpha value is -14.9. The van der Waals surface area contributed by atoms with Gasteiger partial charge in [0, 0.05) is 139 Å². The lowest BCUT2D eigenvalue weighted by Crippen LogP contribution is -2.43. The molecule has 0 amide bonds. The molecule has 2 N–H and O–H groups in total. The second kappa shape index (κ2) is 38.9. The fraction of sp³-hybridized carbons (Fsp3) is 0.236. The van der Waals surface area contributed by atoms with Crippen molar-refractivity contribution in [3.63, 3.8) is 0 Å². The number of aromatic nitrogens is 15. The molecule has 0 bridgehead atoms. The molecule has 0 saturated carbocycles. The van der Waals surface area contributed by atoms with E-state index in [1.165, 1.54) is 104 Å². The van der Waals surface area contributed by atoms with Gasteiger partial charge in [-0.3, -0.25) is 37.5 Å². The molecular formula is C89H85F6N19O13. The summed E-state index contributed by atoms with van der Waals surface area (Å²) in [5.41, 5.74) is 8.47. The minimum atomic E-state index is -0.880. The fourth-order valence-electron chi connectivity index (χ4n) is 14.5. The van der Waals surface area contributed by atoms with Crippen LogP contribution in [-0.4, -0.2) is 189 Å². The number of ether oxygens (including phenoxy) is 5. The summed E-state index contributed by atoms with van der Waals surface area (Å²) in [7, 11) is 18.1. The fourth-order valence-corrected chi connectivity index (χ4v) is 14.5. The molecule has 0 aliphatic heterocycles. The highest BCUT2D eigenvalue weighted by atomic mass is 19.2. The van der Waals surface area contributed by atoms with Gasteiger partial charge in [-0.25, -0.2) is 68.5 Å². The number of ketones is 2. The summed E-state index contributed by atoms with van der Waals surface area (Å²) >= 11 is 0. The molecule has 656 valence electrons. The third-order valence-electron chi connectivity index (χ3n) is 20.4. The number of halogens is 6. The van der Waals surface area contributed by atoms with Crippen molar-refractivity contribution in [2.75, 3.05) is 96.8 Å². The van der Waals surface area contributed by atoms with Crippen molar-refractivity contribution in [1.29, 1.82) is 0 Å². The van der Waals surface area contributed by atoms with E-state index >= 15 is 0 Å². The zero-order valence-corrected chi connectivity index (χ0v) is 70.6. The molecule has 9 heterocycles. The van der Waals surface area contributed by atoms with Crippen molar-refractivity contribution in [2.45, 2.75) is 52.1 Å². The molecule has 0 atom stereocenters. The van der Waals surface area contributed by atoms with Crippen LogP contribution in [0.15, 0.2) is 211 Å². The van der Waals surface area contributed by atoms with Crippen LogP contribution in [0, 0.1) is 34.9 Å². The van der Waals surface area contributed by atoms with Gasteiger partial charge in [-0.15, -0.1) is 30.6 Å². The van der Waals surface area contributed by atoms with Gasteiger partial charge in [0.05, 0.1) is 41.0 Å². The summed E-state index contributed by atoms with van der Waals surface area (Å²) in [4.78, 5) is 114. The van der Waals surface area contributed by atoms with E-state index in [2.05, 4.69) is 30.6 Å². The Morgan fingerprint density at radius 2 is 0.606 bits per heavy atom.